The van der Waals surface area contributed by atoms with Gasteiger partial charge in [0.05, 0.1) is 19.4 Å². The molecule has 0 radical (unpaired) electrons. The Kier molecular flexibility index (Phi) is 5.24. The Bertz CT molecular complexity index is 476. The van der Waals surface area contributed by atoms with Gasteiger partial charge in [-0.1, -0.05) is 0 Å². The largest absolute Gasteiger partial charge is 0.363 e. The number of hydrogen-bond donors (Lipinski definition) is 1. The Hall–Kier alpha value is -0.700. The van der Waals surface area contributed by atoms with Crippen LogP contribution >= 0.6 is 0 Å². The number of carbonyl (C=O) groups excluding carboxylic acids is 1. The highest BCUT2D eigenvalue weighted by Crippen LogP contribution is 2.19. The van der Waals surface area contributed by atoms with E-state index in [4.69, 9.17) is 4.74 Å². The minimum atomic E-state index is -3.30. The summed E-state index contributed by atoms with van der Waals surface area (Å²) in [6.45, 7) is 5.83. The van der Waals surface area contributed by atoms with Crippen LogP contribution in [-0.4, -0.2) is 81.3 Å². The first-order valence-electron chi connectivity index (χ1n) is 7.41. The van der Waals surface area contributed by atoms with Crippen LogP contribution in [0.5, 0.6) is 0 Å². The molecule has 2 rings (SSSR count). The van der Waals surface area contributed by atoms with Crippen molar-refractivity contribution in [3.8, 4) is 0 Å². The van der Waals surface area contributed by atoms with E-state index in [-0.39, 0.29) is 19.1 Å². The summed E-state index contributed by atoms with van der Waals surface area (Å²) >= 11 is 0. The molecule has 0 aliphatic carbocycles. The summed E-state index contributed by atoms with van der Waals surface area (Å²) in [5.41, 5.74) is -1.10. The van der Waals surface area contributed by atoms with Gasteiger partial charge < -0.3 is 15.0 Å². The molecule has 2 aliphatic heterocycles. The molecule has 1 atom stereocenters. The fourth-order valence-corrected chi connectivity index (χ4v) is 3.66. The van der Waals surface area contributed by atoms with E-state index in [2.05, 4.69) is 10.2 Å². The standard InChI is InChI=1S/C13H25N3O4S/c1-13(11-16(9-10-20-13)21(2,18)19)12(17)14-5-8-15-6-3-4-7-15/h3-11H2,1-2H3,(H,14,17)/t13-/m1/s1. The SMILES string of the molecule is C[C@]1(C(=O)NCCN2CCCC2)CN(S(C)(=O)=O)CCO1. The van der Waals surface area contributed by atoms with Gasteiger partial charge in [0.1, 0.15) is 0 Å². The van der Waals surface area contributed by atoms with Crippen LogP contribution < -0.4 is 5.32 Å². The second-order valence-electron chi connectivity index (χ2n) is 5.98. The van der Waals surface area contributed by atoms with Crippen molar-refractivity contribution in [2.45, 2.75) is 25.4 Å². The molecule has 8 heteroatoms. The van der Waals surface area contributed by atoms with Crippen LogP contribution in [0, 0.1) is 0 Å². The summed E-state index contributed by atoms with van der Waals surface area (Å²) in [7, 11) is -3.30. The van der Waals surface area contributed by atoms with Gasteiger partial charge in [-0.3, -0.25) is 4.79 Å². The molecular formula is C13H25N3O4S. The molecule has 2 aliphatic rings. The molecule has 1 N–H and O–H groups in total. The molecule has 122 valence electrons. The number of carbonyl (C=O) groups is 1. The Morgan fingerprint density at radius 2 is 1.95 bits per heavy atom. The van der Waals surface area contributed by atoms with Crippen LogP contribution in [0.4, 0.5) is 0 Å². The summed E-state index contributed by atoms with van der Waals surface area (Å²) in [4.78, 5) is 14.6. The van der Waals surface area contributed by atoms with Gasteiger partial charge in [-0.25, -0.2) is 8.42 Å². The van der Waals surface area contributed by atoms with E-state index in [0.717, 1.165) is 25.9 Å². The Morgan fingerprint density at radius 1 is 1.29 bits per heavy atom. The third-order valence-corrected chi connectivity index (χ3v) is 5.35. The highest BCUT2D eigenvalue weighted by molar-refractivity contribution is 7.88. The number of nitrogens with one attached hydrogen (secondary N) is 1. The van der Waals surface area contributed by atoms with Gasteiger partial charge >= 0.3 is 0 Å². The van der Waals surface area contributed by atoms with Crippen molar-refractivity contribution in [1.82, 2.24) is 14.5 Å². The van der Waals surface area contributed by atoms with Gasteiger partial charge in [0.25, 0.3) is 5.91 Å². The van der Waals surface area contributed by atoms with E-state index in [0.29, 0.717) is 13.1 Å². The monoisotopic (exact) mass is 319 g/mol. The lowest BCUT2D eigenvalue weighted by Crippen LogP contribution is -2.59. The van der Waals surface area contributed by atoms with Crippen LogP contribution in [0.15, 0.2) is 0 Å². The number of hydrogen-bond acceptors (Lipinski definition) is 5. The fourth-order valence-electron chi connectivity index (χ4n) is 2.78. The summed E-state index contributed by atoms with van der Waals surface area (Å²) < 4.78 is 30.1. The number of nitrogens with zero attached hydrogens (tertiary/aromatic N) is 2. The number of sulfonamides is 1. The van der Waals surface area contributed by atoms with E-state index in [9.17, 15) is 13.2 Å². The normalized spacial score (nSPS) is 28.7. The first-order chi connectivity index (χ1) is 9.81. The highest BCUT2D eigenvalue weighted by atomic mass is 32.2. The molecule has 0 spiro atoms. The Morgan fingerprint density at radius 3 is 2.57 bits per heavy atom. The molecule has 21 heavy (non-hydrogen) atoms. The van der Waals surface area contributed by atoms with Crippen molar-refractivity contribution in [3.63, 3.8) is 0 Å². The van der Waals surface area contributed by atoms with E-state index in [1.165, 1.54) is 17.1 Å². The third kappa shape index (κ3) is 4.38. The summed E-state index contributed by atoms with van der Waals surface area (Å²) in [6.07, 6.45) is 3.60. The first kappa shape index (κ1) is 16.7. The smallest absolute Gasteiger partial charge is 0.253 e. The zero-order valence-corrected chi connectivity index (χ0v) is 13.6. The van der Waals surface area contributed by atoms with E-state index < -0.39 is 15.6 Å². The molecule has 2 saturated heterocycles. The molecular weight excluding hydrogens is 294 g/mol. The topological polar surface area (TPSA) is 79.0 Å². The van der Waals surface area contributed by atoms with Crippen LogP contribution in [0.25, 0.3) is 0 Å². The van der Waals surface area contributed by atoms with Crippen molar-refractivity contribution in [1.29, 1.82) is 0 Å². The predicted molar refractivity (Wildman–Crippen MR) is 79.5 cm³/mol. The lowest BCUT2D eigenvalue weighted by atomic mass is 10.0. The van der Waals surface area contributed by atoms with Crippen LogP contribution in [-0.2, 0) is 19.6 Å². The van der Waals surface area contributed by atoms with E-state index >= 15 is 0 Å². The predicted octanol–water partition coefficient (Wildman–Crippen LogP) is -0.751. The molecule has 0 saturated carbocycles. The Balaban J connectivity index is 1.84. The molecule has 0 unspecified atom stereocenters. The molecule has 7 nitrogen and oxygen atoms in total. The Labute approximate surface area is 126 Å². The van der Waals surface area contributed by atoms with E-state index in [1.54, 1.807) is 6.92 Å². The molecule has 0 aromatic rings. The van der Waals surface area contributed by atoms with Crippen LogP contribution in [0.3, 0.4) is 0 Å². The van der Waals surface area contributed by atoms with E-state index in [1.807, 2.05) is 0 Å². The minimum Gasteiger partial charge on any atom is -0.363 e. The molecule has 0 aromatic carbocycles. The van der Waals surface area contributed by atoms with Gasteiger partial charge in [0, 0.05) is 19.6 Å². The zero-order chi connectivity index (χ0) is 15.5. The highest BCUT2D eigenvalue weighted by Gasteiger charge is 2.41. The molecule has 0 bridgehead atoms. The van der Waals surface area contributed by atoms with Gasteiger partial charge in [-0.15, -0.1) is 0 Å². The number of ether oxygens (including phenoxy) is 1. The third-order valence-electron chi connectivity index (χ3n) is 4.10. The molecule has 2 heterocycles. The van der Waals surface area contributed by atoms with Gasteiger partial charge in [-0.05, 0) is 32.9 Å². The van der Waals surface area contributed by atoms with Crippen molar-refractivity contribution >= 4 is 15.9 Å². The van der Waals surface area contributed by atoms with Crippen molar-refractivity contribution in [2.24, 2.45) is 0 Å². The number of amides is 1. The lowest BCUT2D eigenvalue weighted by molar-refractivity contribution is -0.152. The average Bonchev–Trinajstić information content (AvgIpc) is 2.91. The van der Waals surface area contributed by atoms with Crippen molar-refractivity contribution in [3.05, 3.63) is 0 Å². The number of rotatable bonds is 5. The number of likely N-dealkylation sites (tertiary alicyclic amines) is 1. The van der Waals surface area contributed by atoms with Gasteiger partial charge in [0.15, 0.2) is 5.60 Å². The van der Waals surface area contributed by atoms with Crippen LogP contribution in [0.1, 0.15) is 19.8 Å². The van der Waals surface area contributed by atoms with Gasteiger partial charge in [-0.2, -0.15) is 4.31 Å². The molecule has 0 aromatic heterocycles. The maximum Gasteiger partial charge on any atom is 0.253 e. The average molecular weight is 319 g/mol. The summed E-state index contributed by atoms with van der Waals surface area (Å²) in [5, 5.41) is 2.86. The van der Waals surface area contributed by atoms with Crippen LogP contribution in [0.2, 0.25) is 0 Å². The minimum absolute atomic E-state index is 0.0708. The first-order valence-corrected chi connectivity index (χ1v) is 9.26. The van der Waals surface area contributed by atoms with Crippen molar-refractivity contribution in [2.75, 3.05) is 52.1 Å². The molecule has 1 amide bonds. The quantitative estimate of drug-likeness (QED) is 0.721. The van der Waals surface area contributed by atoms with Gasteiger partial charge in [0.2, 0.25) is 10.0 Å². The lowest BCUT2D eigenvalue weighted by Gasteiger charge is -2.38. The summed E-state index contributed by atoms with van der Waals surface area (Å²) in [5.74, 6) is -0.241. The summed E-state index contributed by atoms with van der Waals surface area (Å²) in [6, 6.07) is 0. The molecule has 2 fully saturated rings. The maximum atomic E-state index is 12.3. The number of morpholine rings is 1. The maximum absolute atomic E-state index is 12.3. The zero-order valence-electron chi connectivity index (χ0n) is 12.8. The van der Waals surface area contributed by atoms with Crippen molar-refractivity contribution < 1.29 is 17.9 Å². The second-order valence-corrected chi connectivity index (χ2v) is 7.96. The second kappa shape index (κ2) is 6.60. The fraction of sp³-hybridized carbons (Fsp3) is 0.923.